The molecule has 1 aromatic heterocycles. The third-order valence-corrected chi connectivity index (χ3v) is 3.66. The average molecular weight is 347 g/mol. The van der Waals surface area contributed by atoms with E-state index < -0.39 is 0 Å². The van der Waals surface area contributed by atoms with Crippen molar-refractivity contribution >= 4 is 23.3 Å². The number of benzene rings is 2. The molecule has 0 unspecified atom stereocenters. The van der Waals surface area contributed by atoms with Crippen molar-refractivity contribution in [2.24, 2.45) is 0 Å². The number of amides is 2. The van der Waals surface area contributed by atoms with Gasteiger partial charge in [-0.3, -0.25) is 9.59 Å². The zero-order valence-electron chi connectivity index (χ0n) is 14.1. The number of hydrogen-bond acceptors (Lipinski definition) is 4. The summed E-state index contributed by atoms with van der Waals surface area (Å²) in [6.45, 7) is 0. The minimum Gasteiger partial charge on any atom is -0.497 e. The molecule has 6 nitrogen and oxygen atoms in total. The Bertz CT molecular complexity index is 926. The van der Waals surface area contributed by atoms with Crippen molar-refractivity contribution in [3.05, 3.63) is 84.1 Å². The summed E-state index contributed by atoms with van der Waals surface area (Å²) in [5, 5.41) is 5.48. The van der Waals surface area contributed by atoms with E-state index in [9.17, 15) is 9.59 Å². The quantitative estimate of drug-likeness (QED) is 0.739. The van der Waals surface area contributed by atoms with Crippen LogP contribution < -0.4 is 15.4 Å². The minimum atomic E-state index is -0.356. The van der Waals surface area contributed by atoms with Gasteiger partial charge in [0.05, 0.1) is 18.4 Å². The number of aromatic nitrogens is 1. The Morgan fingerprint density at radius 1 is 0.885 bits per heavy atom. The molecule has 0 spiro atoms. The highest BCUT2D eigenvalue weighted by Gasteiger charge is 2.15. The molecule has 3 rings (SSSR count). The largest absolute Gasteiger partial charge is 0.497 e. The Hall–Kier alpha value is -3.67. The van der Waals surface area contributed by atoms with Gasteiger partial charge in [0.2, 0.25) is 0 Å². The number of methoxy groups -OCH3 is 1. The van der Waals surface area contributed by atoms with Crippen LogP contribution in [0.3, 0.4) is 0 Å². The Labute approximate surface area is 150 Å². The van der Waals surface area contributed by atoms with Gasteiger partial charge < -0.3 is 15.4 Å². The number of rotatable bonds is 5. The van der Waals surface area contributed by atoms with E-state index in [4.69, 9.17) is 4.74 Å². The Morgan fingerprint density at radius 2 is 1.69 bits per heavy atom. The van der Waals surface area contributed by atoms with Gasteiger partial charge in [-0.05, 0) is 42.5 Å². The number of hydrogen-bond donors (Lipinski definition) is 2. The molecule has 0 saturated heterocycles. The third kappa shape index (κ3) is 4.05. The lowest BCUT2D eigenvalue weighted by Gasteiger charge is -2.11. The van der Waals surface area contributed by atoms with Crippen LogP contribution in [0.15, 0.2) is 72.9 Å². The van der Waals surface area contributed by atoms with Crippen molar-refractivity contribution in [3.8, 4) is 5.75 Å². The van der Waals surface area contributed by atoms with E-state index in [-0.39, 0.29) is 11.8 Å². The number of carbonyl (C=O) groups is 2. The minimum absolute atomic E-state index is 0.331. The molecule has 0 radical (unpaired) electrons. The van der Waals surface area contributed by atoms with Crippen molar-refractivity contribution in [2.45, 2.75) is 0 Å². The standard InChI is InChI=1S/C20H17N3O3/c1-26-15-8-6-7-14(13-15)19(24)22-17-10-3-2-9-16(17)20(25)23-18-11-4-5-12-21-18/h2-13H,1H3,(H,22,24)(H,21,23,25). The van der Waals surface area contributed by atoms with Crippen LogP contribution in [0.25, 0.3) is 0 Å². The van der Waals surface area contributed by atoms with Gasteiger partial charge in [0.1, 0.15) is 11.6 Å². The summed E-state index contributed by atoms with van der Waals surface area (Å²) in [5.41, 5.74) is 1.19. The maximum absolute atomic E-state index is 12.5. The van der Waals surface area contributed by atoms with Crippen LogP contribution in [0.4, 0.5) is 11.5 Å². The fourth-order valence-corrected chi connectivity index (χ4v) is 2.37. The number of pyridine rings is 1. The molecule has 0 atom stereocenters. The van der Waals surface area contributed by atoms with Crippen LogP contribution in [-0.2, 0) is 0 Å². The Kier molecular flexibility index (Phi) is 5.24. The van der Waals surface area contributed by atoms with Crippen LogP contribution in [-0.4, -0.2) is 23.9 Å². The lowest BCUT2D eigenvalue weighted by molar-refractivity contribution is 0.102. The van der Waals surface area contributed by atoms with Gasteiger partial charge in [-0.25, -0.2) is 4.98 Å². The van der Waals surface area contributed by atoms with E-state index in [1.807, 2.05) is 0 Å². The van der Waals surface area contributed by atoms with Gasteiger partial charge in [-0.15, -0.1) is 0 Å². The molecule has 6 heteroatoms. The Morgan fingerprint density at radius 3 is 2.46 bits per heavy atom. The van der Waals surface area contributed by atoms with Gasteiger partial charge >= 0.3 is 0 Å². The first-order valence-corrected chi connectivity index (χ1v) is 7.94. The molecule has 2 amide bonds. The molecule has 130 valence electrons. The van der Waals surface area contributed by atoms with Crippen LogP contribution in [0.5, 0.6) is 5.75 Å². The first-order valence-electron chi connectivity index (χ1n) is 7.94. The smallest absolute Gasteiger partial charge is 0.258 e. The summed E-state index contributed by atoms with van der Waals surface area (Å²) in [6.07, 6.45) is 1.59. The zero-order valence-corrected chi connectivity index (χ0v) is 14.1. The molecule has 0 aliphatic carbocycles. The molecular formula is C20H17N3O3. The number of carbonyl (C=O) groups excluding carboxylic acids is 2. The highest BCUT2D eigenvalue weighted by atomic mass is 16.5. The maximum Gasteiger partial charge on any atom is 0.258 e. The van der Waals surface area contributed by atoms with Crippen LogP contribution in [0.2, 0.25) is 0 Å². The molecule has 3 aromatic rings. The van der Waals surface area contributed by atoms with Crippen LogP contribution in [0, 0.1) is 0 Å². The fraction of sp³-hybridized carbons (Fsp3) is 0.0500. The van der Waals surface area contributed by atoms with Crippen molar-refractivity contribution in [2.75, 3.05) is 17.7 Å². The van der Waals surface area contributed by atoms with E-state index in [0.29, 0.717) is 28.4 Å². The topological polar surface area (TPSA) is 80.3 Å². The van der Waals surface area contributed by atoms with E-state index in [1.165, 1.54) is 7.11 Å². The van der Waals surface area contributed by atoms with Crippen molar-refractivity contribution in [1.82, 2.24) is 4.98 Å². The second-order valence-corrected chi connectivity index (χ2v) is 5.40. The second kappa shape index (κ2) is 7.94. The first kappa shape index (κ1) is 17.2. The summed E-state index contributed by atoms with van der Waals surface area (Å²) >= 11 is 0. The predicted octanol–water partition coefficient (Wildman–Crippen LogP) is 3.59. The van der Waals surface area contributed by atoms with Gasteiger partial charge in [0, 0.05) is 11.8 Å². The molecule has 2 N–H and O–H groups in total. The average Bonchev–Trinajstić information content (AvgIpc) is 2.69. The van der Waals surface area contributed by atoms with Gasteiger partial charge in [0.15, 0.2) is 0 Å². The molecule has 0 aliphatic heterocycles. The van der Waals surface area contributed by atoms with E-state index in [1.54, 1.807) is 72.9 Å². The molecule has 0 aliphatic rings. The van der Waals surface area contributed by atoms with Crippen molar-refractivity contribution in [1.29, 1.82) is 0 Å². The monoisotopic (exact) mass is 347 g/mol. The zero-order chi connectivity index (χ0) is 18.4. The summed E-state index contributed by atoms with van der Waals surface area (Å²) in [4.78, 5) is 29.1. The second-order valence-electron chi connectivity index (χ2n) is 5.40. The summed E-state index contributed by atoms with van der Waals surface area (Å²) in [5.74, 6) is 0.331. The van der Waals surface area contributed by atoms with E-state index >= 15 is 0 Å². The summed E-state index contributed by atoms with van der Waals surface area (Å²) in [6, 6.07) is 18.8. The van der Waals surface area contributed by atoms with E-state index in [2.05, 4.69) is 15.6 Å². The van der Waals surface area contributed by atoms with Gasteiger partial charge in [-0.1, -0.05) is 24.3 Å². The SMILES string of the molecule is COc1cccc(C(=O)Nc2ccccc2C(=O)Nc2ccccn2)c1. The summed E-state index contributed by atoms with van der Waals surface area (Å²) < 4.78 is 5.13. The number of ether oxygens (including phenoxy) is 1. The molecular weight excluding hydrogens is 330 g/mol. The number of nitrogens with one attached hydrogen (secondary N) is 2. The highest BCUT2D eigenvalue weighted by molar-refractivity contribution is 6.12. The number of nitrogens with zero attached hydrogens (tertiary/aromatic N) is 1. The van der Waals surface area contributed by atoms with E-state index in [0.717, 1.165) is 0 Å². The molecule has 1 heterocycles. The number of para-hydroxylation sites is 1. The normalized spacial score (nSPS) is 10.0. The maximum atomic E-state index is 12.5. The molecule has 2 aromatic carbocycles. The van der Waals surface area contributed by atoms with Crippen LogP contribution >= 0.6 is 0 Å². The van der Waals surface area contributed by atoms with Gasteiger partial charge in [-0.2, -0.15) is 0 Å². The van der Waals surface area contributed by atoms with Gasteiger partial charge in [0.25, 0.3) is 11.8 Å². The lowest BCUT2D eigenvalue weighted by Crippen LogP contribution is -2.18. The van der Waals surface area contributed by atoms with Crippen molar-refractivity contribution < 1.29 is 14.3 Å². The Balaban J connectivity index is 1.80. The molecule has 0 saturated carbocycles. The first-order chi connectivity index (χ1) is 12.7. The predicted molar refractivity (Wildman–Crippen MR) is 99.6 cm³/mol. The van der Waals surface area contributed by atoms with Crippen molar-refractivity contribution in [3.63, 3.8) is 0 Å². The molecule has 0 fully saturated rings. The summed E-state index contributed by atoms with van der Waals surface area (Å²) in [7, 11) is 1.54. The number of anilines is 2. The van der Waals surface area contributed by atoms with Crippen LogP contribution in [0.1, 0.15) is 20.7 Å². The fourth-order valence-electron chi connectivity index (χ4n) is 2.37. The third-order valence-electron chi connectivity index (χ3n) is 3.66. The molecule has 26 heavy (non-hydrogen) atoms. The molecule has 0 bridgehead atoms. The highest BCUT2D eigenvalue weighted by Crippen LogP contribution is 2.19. The lowest BCUT2D eigenvalue weighted by atomic mass is 10.1.